The third-order valence-electron chi connectivity index (χ3n) is 4.71. The van der Waals surface area contributed by atoms with Crippen LogP contribution in [0, 0.1) is 17.0 Å². The smallest absolute Gasteiger partial charge is 0.319 e. The van der Waals surface area contributed by atoms with Gasteiger partial charge in [0.15, 0.2) is 0 Å². The van der Waals surface area contributed by atoms with Crippen LogP contribution in [0.3, 0.4) is 0 Å². The van der Waals surface area contributed by atoms with Crippen LogP contribution in [0.2, 0.25) is 10.0 Å². The zero-order valence-corrected chi connectivity index (χ0v) is 16.0. The van der Waals surface area contributed by atoms with E-state index in [0.717, 1.165) is 4.90 Å². The Morgan fingerprint density at radius 2 is 1.89 bits per heavy atom. The molecule has 1 unspecified atom stereocenters. The maximum absolute atomic E-state index is 13.0. The fourth-order valence-electron chi connectivity index (χ4n) is 3.05. The van der Waals surface area contributed by atoms with E-state index >= 15 is 0 Å². The molecule has 9 heteroatoms. The van der Waals surface area contributed by atoms with Gasteiger partial charge < -0.3 is 5.32 Å². The minimum atomic E-state index is -1.31. The summed E-state index contributed by atoms with van der Waals surface area (Å²) < 4.78 is 0. The van der Waals surface area contributed by atoms with Gasteiger partial charge in [0.1, 0.15) is 5.54 Å². The summed E-state index contributed by atoms with van der Waals surface area (Å²) in [5.74, 6) is -0.475. The molecule has 3 amide bonds. The molecule has 0 bridgehead atoms. The molecule has 0 radical (unpaired) electrons. The summed E-state index contributed by atoms with van der Waals surface area (Å²) in [6.45, 7) is 3.09. The van der Waals surface area contributed by atoms with Crippen LogP contribution >= 0.6 is 23.2 Å². The first-order valence-corrected chi connectivity index (χ1v) is 8.73. The Hall–Kier alpha value is -2.64. The largest absolute Gasteiger partial charge is 0.325 e. The SMILES string of the molecule is Cc1c(CN2C(=O)NC(C)(c3ccc(Cl)c(Cl)c3)C2=O)cccc1[N+](=O)[O-]. The number of rotatable bonds is 4. The second-order valence-corrected chi connectivity index (χ2v) is 7.21. The molecule has 1 atom stereocenters. The third-order valence-corrected chi connectivity index (χ3v) is 5.45. The van der Waals surface area contributed by atoms with Crippen molar-refractivity contribution in [2.45, 2.75) is 25.9 Å². The number of carbonyl (C=O) groups is 2. The normalized spacial score (nSPS) is 19.3. The van der Waals surface area contributed by atoms with E-state index in [1.165, 1.54) is 18.2 Å². The van der Waals surface area contributed by atoms with E-state index in [2.05, 4.69) is 5.32 Å². The molecule has 2 aromatic rings. The van der Waals surface area contributed by atoms with Crippen molar-refractivity contribution in [3.63, 3.8) is 0 Å². The maximum atomic E-state index is 13.0. The highest BCUT2D eigenvalue weighted by molar-refractivity contribution is 6.42. The molecule has 0 saturated carbocycles. The summed E-state index contributed by atoms with van der Waals surface area (Å²) >= 11 is 12.0. The number of nitrogens with zero attached hydrogens (tertiary/aromatic N) is 2. The highest BCUT2D eigenvalue weighted by Gasteiger charge is 2.49. The average molecular weight is 408 g/mol. The first-order chi connectivity index (χ1) is 12.6. The van der Waals surface area contributed by atoms with Crippen LogP contribution in [0.4, 0.5) is 10.5 Å². The molecule has 1 aliphatic heterocycles. The first-order valence-electron chi connectivity index (χ1n) is 7.97. The van der Waals surface area contributed by atoms with Crippen LogP contribution in [0.15, 0.2) is 36.4 Å². The second kappa shape index (κ2) is 6.83. The van der Waals surface area contributed by atoms with E-state index in [-0.39, 0.29) is 17.3 Å². The van der Waals surface area contributed by atoms with Gasteiger partial charge in [-0.3, -0.25) is 19.8 Å². The van der Waals surface area contributed by atoms with Gasteiger partial charge in [-0.25, -0.2) is 4.79 Å². The fourth-order valence-corrected chi connectivity index (χ4v) is 3.35. The van der Waals surface area contributed by atoms with Gasteiger partial charge in [0.05, 0.1) is 21.5 Å². The van der Waals surface area contributed by atoms with Crippen molar-refractivity contribution in [3.8, 4) is 0 Å². The van der Waals surface area contributed by atoms with Gasteiger partial charge >= 0.3 is 6.03 Å². The number of benzene rings is 2. The Morgan fingerprint density at radius 1 is 1.19 bits per heavy atom. The van der Waals surface area contributed by atoms with E-state index in [4.69, 9.17) is 23.2 Å². The molecule has 1 aliphatic rings. The van der Waals surface area contributed by atoms with E-state index in [9.17, 15) is 19.7 Å². The predicted molar refractivity (Wildman–Crippen MR) is 101 cm³/mol. The van der Waals surface area contributed by atoms with E-state index < -0.39 is 22.4 Å². The van der Waals surface area contributed by atoms with Crippen molar-refractivity contribution in [1.29, 1.82) is 0 Å². The van der Waals surface area contributed by atoms with Gasteiger partial charge in [0.2, 0.25) is 0 Å². The number of urea groups is 1. The number of nitro benzene ring substituents is 1. The number of hydrogen-bond acceptors (Lipinski definition) is 4. The Balaban J connectivity index is 1.94. The molecule has 0 aromatic heterocycles. The molecular formula is C18H15Cl2N3O4. The summed E-state index contributed by atoms with van der Waals surface area (Å²) in [5, 5.41) is 14.4. The molecule has 3 rings (SSSR count). The molecule has 1 N–H and O–H groups in total. The highest BCUT2D eigenvalue weighted by Crippen LogP contribution is 2.34. The van der Waals surface area contributed by atoms with Crippen LogP contribution in [-0.2, 0) is 16.9 Å². The summed E-state index contributed by atoms with van der Waals surface area (Å²) in [4.78, 5) is 37.1. The Kier molecular flexibility index (Phi) is 4.84. The molecule has 0 aliphatic carbocycles. The molecule has 140 valence electrons. The minimum absolute atomic E-state index is 0.0631. The van der Waals surface area contributed by atoms with Gasteiger partial charge in [0.25, 0.3) is 11.6 Å². The van der Waals surface area contributed by atoms with Crippen molar-refractivity contribution in [3.05, 3.63) is 73.2 Å². The topological polar surface area (TPSA) is 92.6 Å². The zero-order valence-electron chi connectivity index (χ0n) is 14.5. The lowest BCUT2D eigenvalue weighted by Gasteiger charge is -2.23. The zero-order chi connectivity index (χ0) is 19.9. The summed E-state index contributed by atoms with van der Waals surface area (Å²) in [5.41, 5.74) is 0.0533. The number of nitro groups is 1. The molecule has 2 aromatic carbocycles. The molecule has 7 nitrogen and oxygen atoms in total. The van der Waals surface area contributed by atoms with Crippen LogP contribution in [-0.4, -0.2) is 21.8 Å². The van der Waals surface area contributed by atoms with Gasteiger partial charge in [-0.1, -0.05) is 41.4 Å². The minimum Gasteiger partial charge on any atom is -0.319 e. The first kappa shape index (κ1) is 19.1. The van der Waals surface area contributed by atoms with Crippen molar-refractivity contribution < 1.29 is 14.5 Å². The molecule has 1 heterocycles. The van der Waals surface area contributed by atoms with Crippen molar-refractivity contribution in [2.75, 3.05) is 0 Å². The van der Waals surface area contributed by atoms with E-state index in [1.54, 1.807) is 32.0 Å². The monoisotopic (exact) mass is 407 g/mol. The van der Waals surface area contributed by atoms with Crippen LogP contribution < -0.4 is 5.32 Å². The van der Waals surface area contributed by atoms with E-state index in [1.807, 2.05) is 0 Å². The standard InChI is InChI=1S/C18H15Cl2N3O4/c1-10-11(4-3-5-15(10)23(26)27)9-22-16(24)18(2,21-17(22)25)12-6-7-13(19)14(20)8-12/h3-8H,9H2,1-2H3,(H,21,25). The Morgan fingerprint density at radius 3 is 2.52 bits per heavy atom. The van der Waals surface area contributed by atoms with Crippen molar-refractivity contribution >= 4 is 40.8 Å². The van der Waals surface area contributed by atoms with Crippen LogP contribution in [0.5, 0.6) is 0 Å². The third kappa shape index (κ3) is 3.24. The molecular weight excluding hydrogens is 393 g/mol. The molecule has 0 spiro atoms. The number of nitrogens with one attached hydrogen (secondary N) is 1. The molecule has 1 saturated heterocycles. The fraction of sp³-hybridized carbons (Fsp3) is 0.222. The number of amides is 3. The summed E-state index contributed by atoms with van der Waals surface area (Å²) in [6, 6.07) is 8.68. The van der Waals surface area contributed by atoms with Gasteiger partial charge in [-0.15, -0.1) is 0 Å². The van der Waals surface area contributed by atoms with Crippen LogP contribution in [0.25, 0.3) is 0 Å². The van der Waals surface area contributed by atoms with Gasteiger partial charge in [0, 0.05) is 11.6 Å². The highest BCUT2D eigenvalue weighted by atomic mass is 35.5. The lowest BCUT2D eigenvalue weighted by atomic mass is 9.92. The van der Waals surface area contributed by atoms with Crippen molar-refractivity contribution in [2.24, 2.45) is 0 Å². The lowest BCUT2D eigenvalue weighted by molar-refractivity contribution is -0.385. The van der Waals surface area contributed by atoms with E-state index in [0.29, 0.717) is 21.7 Å². The predicted octanol–water partition coefficient (Wildman–Crippen LogP) is 4.18. The number of imide groups is 1. The second-order valence-electron chi connectivity index (χ2n) is 6.39. The van der Waals surface area contributed by atoms with Gasteiger partial charge in [-0.05, 0) is 37.1 Å². The van der Waals surface area contributed by atoms with Gasteiger partial charge in [-0.2, -0.15) is 0 Å². The lowest BCUT2D eigenvalue weighted by Crippen LogP contribution is -2.40. The maximum Gasteiger partial charge on any atom is 0.325 e. The summed E-state index contributed by atoms with van der Waals surface area (Å²) in [6.07, 6.45) is 0. The summed E-state index contributed by atoms with van der Waals surface area (Å²) in [7, 11) is 0. The number of carbonyl (C=O) groups excluding carboxylic acids is 2. The number of hydrogen-bond donors (Lipinski definition) is 1. The Bertz CT molecular complexity index is 979. The number of halogens is 2. The Labute approximate surface area is 165 Å². The molecule has 1 fully saturated rings. The molecule has 27 heavy (non-hydrogen) atoms. The average Bonchev–Trinajstić information content (AvgIpc) is 2.82. The van der Waals surface area contributed by atoms with Crippen LogP contribution in [0.1, 0.15) is 23.6 Å². The quantitative estimate of drug-likeness (QED) is 0.467. The van der Waals surface area contributed by atoms with Crippen molar-refractivity contribution in [1.82, 2.24) is 10.2 Å².